The summed E-state index contributed by atoms with van der Waals surface area (Å²) in [5.41, 5.74) is 1.00. The first-order valence-corrected chi connectivity index (χ1v) is 8.67. The average Bonchev–Trinajstić information content (AvgIpc) is 2.67. The molecule has 0 saturated carbocycles. The molecule has 0 radical (unpaired) electrons. The minimum absolute atomic E-state index is 0.204. The molecule has 1 heterocycles. The molecule has 0 spiro atoms. The fourth-order valence-corrected chi connectivity index (χ4v) is 4.28. The van der Waals surface area contributed by atoms with E-state index in [4.69, 9.17) is 4.74 Å². The minimum Gasteiger partial charge on any atom is -0.352 e. The molecular weight excluding hydrogens is 318 g/mol. The molecule has 4 nitrogen and oxygen atoms in total. The van der Waals surface area contributed by atoms with Crippen LogP contribution in [0.1, 0.15) is 18.6 Å². The summed E-state index contributed by atoms with van der Waals surface area (Å²) in [5, 5.41) is 0.466. The number of nitrogens with zero attached hydrogens (tertiary/aromatic N) is 1. The average molecular weight is 334 g/mol. The molecule has 0 aromatic heterocycles. The van der Waals surface area contributed by atoms with Crippen LogP contribution in [0.3, 0.4) is 0 Å². The molecule has 3 unspecified atom stereocenters. The summed E-state index contributed by atoms with van der Waals surface area (Å²) in [6.45, 7) is 1.88. The van der Waals surface area contributed by atoms with Crippen LogP contribution in [0.5, 0.6) is 0 Å². The van der Waals surface area contributed by atoms with E-state index in [0.29, 0.717) is 5.33 Å². The second-order valence-electron chi connectivity index (χ2n) is 4.41. The Kier molecular flexibility index (Phi) is 4.11. The molecule has 0 N–H and O–H groups in total. The smallest absolute Gasteiger partial charge is 0.213 e. The van der Waals surface area contributed by atoms with Crippen molar-refractivity contribution in [2.24, 2.45) is 0 Å². The summed E-state index contributed by atoms with van der Waals surface area (Å²) in [7, 11) is -3.28. The van der Waals surface area contributed by atoms with Crippen molar-refractivity contribution < 1.29 is 13.2 Å². The highest BCUT2D eigenvalue weighted by Crippen LogP contribution is 2.36. The van der Waals surface area contributed by atoms with E-state index in [0.717, 1.165) is 5.56 Å². The van der Waals surface area contributed by atoms with Crippen molar-refractivity contribution >= 4 is 26.0 Å². The maximum absolute atomic E-state index is 11.8. The highest BCUT2D eigenvalue weighted by atomic mass is 79.9. The van der Waals surface area contributed by atoms with Gasteiger partial charge in [-0.2, -0.15) is 4.31 Å². The molecule has 18 heavy (non-hydrogen) atoms. The van der Waals surface area contributed by atoms with Gasteiger partial charge in [-0.25, -0.2) is 8.42 Å². The summed E-state index contributed by atoms with van der Waals surface area (Å²) in [6.07, 6.45) is 0.555. The fraction of sp³-hybridized carbons (Fsp3) is 0.500. The molecule has 2 rings (SSSR count). The largest absolute Gasteiger partial charge is 0.352 e. The van der Waals surface area contributed by atoms with Gasteiger partial charge in [-0.15, -0.1) is 0 Å². The highest BCUT2D eigenvalue weighted by molar-refractivity contribution is 9.09. The van der Waals surface area contributed by atoms with Gasteiger partial charge in [0.05, 0.1) is 12.3 Å². The predicted octanol–water partition coefficient (Wildman–Crippen LogP) is 2.13. The monoisotopic (exact) mass is 333 g/mol. The number of sulfonamides is 1. The van der Waals surface area contributed by atoms with Crippen molar-refractivity contribution in [2.45, 2.75) is 25.3 Å². The minimum atomic E-state index is -3.28. The zero-order valence-electron chi connectivity index (χ0n) is 10.3. The van der Waals surface area contributed by atoms with Crippen LogP contribution in [0.2, 0.25) is 0 Å². The molecular formula is C12H16BrNO3S. The zero-order chi connectivity index (χ0) is 13.3. The molecule has 0 amide bonds. The van der Waals surface area contributed by atoms with Crippen LogP contribution in [-0.4, -0.2) is 36.6 Å². The van der Waals surface area contributed by atoms with Gasteiger partial charge in [0.2, 0.25) is 10.0 Å². The molecule has 0 bridgehead atoms. The Bertz CT molecular complexity index is 505. The first kappa shape index (κ1) is 14.0. The Morgan fingerprint density at radius 3 is 2.39 bits per heavy atom. The topological polar surface area (TPSA) is 46.6 Å². The van der Waals surface area contributed by atoms with Crippen molar-refractivity contribution in [2.75, 3.05) is 11.6 Å². The third-order valence-electron chi connectivity index (χ3n) is 3.07. The van der Waals surface area contributed by atoms with E-state index in [2.05, 4.69) is 15.9 Å². The molecule has 0 aliphatic carbocycles. The third-order valence-corrected chi connectivity index (χ3v) is 4.96. The van der Waals surface area contributed by atoms with Crippen LogP contribution < -0.4 is 0 Å². The fourth-order valence-electron chi connectivity index (χ4n) is 2.36. The van der Waals surface area contributed by atoms with E-state index >= 15 is 0 Å². The van der Waals surface area contributed by atoms with E-state index in [1.807, 2.05) is 37.3 Å². The number of hydrogen-bond donors (Lipinski definition) is 0. The normalized spacial score (nSPS) is 29.6. The second-order valence-corrected chi connectivity index (χ2v) is 6.94. The van der Waals surface area contributed by atoms with Crippen molar-refractivity contribution in [3.05, 3.63) is 35.9 Å². The molecule has 3 atom stereocenters. The maximum Gasteiger partial charge on any atom is 0.213 e. The SMILES string of the molecule is CC1C(c2ccccc2)OC(CBr)N1S(C)(=O)=O. The maximum atomic E-state index is 11.8. The predicted molar refractivity (Wildman–Crippen MR) is 74.0 cm³/mol. The van der Waals surface area contributed by atoms with Crippen molar-refractivity contribution in [3.8, 4) is 0 Å². The van der Waals surface area contributed by atoms with Crippen molar-refractivity contribution in [3.63, 3.8) is 0 Å². The molecule has 1 aliphatic heterocycles. The first-order valence-electron chi connectivity index (χ1n) is 5.70. The molecule has 1 saturated heterocycles. The second kappa shape index (κ2) is 5.28. The number of rotatable bonds is 3. The zero-order valence-corrected chi connectivity index (χ0v) is 12.7. The summed E-state index contributed by atoms with van der Waals surface area (Å²) >= 11 is 3.31. The molecule has 1 aliphatic rings. The molecule has 1 aromatic carbocycles. The molecule has 6 heteroatoms. The molecule has 1 aromatic rings. The summed E-state index contributed by atoms with van der Waals surface area (Å²) in [6, 6.07) is 9.50. The Morgan fingerprint density at radius 2 is 1.94 bits per heavy atom. The molecule has 100 valence electrons. The lowest BCUT2D eigenvalue weighted by Gasteiger charge is -2.22. The van der Waals surface area contributed by atoms with E-state index in [1.54, 1.807) is 0 Å². The number of hydrogen-bond acceptors (Lipinski definition) is 3. The van der Waals surface area contributed by atoms with Gasteiger partial charge < -0.3 is 4.74 Å². The van der Waals surface area contributed by atoms with Gasteiger partial charge in [0.15, 0.2) is 0 Å². The summed E-state index contributed by atoms with van der Waals surface area (Å²) in [5.74, 6) is 0. The van der Waals surface area contributed by atoms with Crippen molar-refractivity contribution in [1.82, 2.24) is 4.31 Å². The van der Waals surface area contributed by atoms with Crippen LogP contribution in [0.15, 0.2) is 30.3 Å². The quantitative estimate of drug-likeness (QED) is 0.796. The van der Waals surface area contributed by atoms with E-state index < -0.39 is 16.3 Å². The van der Waals surface area contributed by atoms with E-state index in [9.17, 15) is 8.42 Å². The lowest BCUT2D eigenvalue weighted by molar-refractivity contribution is 0.0372. The van der Waals surface area contributed by atoms with Crippen LogP contribution in [0.25, 0.3) is 0 Å². The van der Waals surface area contributed by atoms with E-state index in [-0.39, 0.29) is 12.1 Å². The number of ether oxygens (including phenoxy) is 1. The van der Waals surface area contributed by atoms with Crippen LogP contribution in [0.4, 0.5) is 0 Å². The lowest BCUT2D eigenvalue weighted by atomic mass is 10.0. The van der Waals surface area contributed by atoms with Crippen LogP contribution >= 0.6 is 15.9 Å². The van der Waals surface area contributed by atoms with Gasteiger partial charge in [0, 0.05) is 5.33 Å². The Morgan fingerprint density at radius 1 is 1.33 bits per heavy atom. The van der Waals surface area contributed by atoms with E-state index in [1.165, 1.54) is 10.6 Å². The van der Waals surface area contributed by atoms with Gasteiger partial charge in [0.1, 0.15) is 12.3 Å². The van der Waals surface area contributed by atoms with Crippen LogP contribution in [0, 0.1) is 0 Å². The van der Waals surface area contributed by atoms with Gasteiger partial charge in [-0.05, 0) is 12.5 Å². The van der Waals surface area contributed by atoms with Gasteiger partial charge in [0.25, 0.3) is 0 Å². The highest BCUT2D eigenvalue weighted by Gasteiger charge is 2.44. The van der Waals surface area contributed by atoms with Crippen molar-refractivity contribution in [1.29, 1.82) is 0 Å². The molecule has 1 fully saturated rings. The number of halogens is 1. The third kappa shape index (κ3) is 2.61. The lowest BCUT2D eigenvalue weighted by Crippen LogP contribution is -2.40. The Hall–Kier alpha value is -0.430. The van der Waals surface area contributed by atoms with Gasteiger partial charge >= 0.3 is 0 Å². The van der Waals surface area contributed by atoms with Gasteiger partial charge in [-0.3, -0.25) is 0 Å². The Balaban J connectivity index is 2.33. The van der Waals surface area contributed by atoms with Gasteiger partial charge in [-0.1, -0.05) is 46.3 Å². The summed E-state index contributed by atoms with van der Waals surface area (Å²) in [4.78, 5) is 0. The van der Waals surface area contributed by atoms with Crippen LogP contribution in [-0.2, 0) is 14.8 Å². The first-order chi connectivity index (χ1) is 8.45. The summed E-state index contributed by atoms with van der Waals surface area (Å²) < 4.78 is 30.9. The number of alkyl halides is 1. The number of benzene rings is 1. The Labute approximate surface area is 116 Å². The standard InChI is InChI=1S/C12H16BrNO3S/c1-9-12(10-6-4-3-5-7-10)17-11(8-13)14(9)18(2,15)16/h3-7,9,11-12H,8H2,1-2H3.